The fourth-order valence-corrected chi connectivity index (χ4v) is 1.81. The number of carboxylic acid groups (broad SMARTS) is 1. The smallest absolute Gasteiger partial charge is 0.336 e. The summed E-state index contributed by atoms with van der Waals surface area (Å²) in [4.78, 5) is 21.2. The number of nitrogen functional groups attached to an aromatic ring is 1. The lowest BCUT2D eigenvalue weighted by molar-refractivity contribution is -0.384. The summed E-state index contributed by atoms with van der Waals surface area (Å²) in [5, 5.41) is 19.7. The Bertz CT molecular complexity index is 667. The SMILES string of the molecule is Nc1cc([N+](=O)[O-])ccc1-c1ccccc1C(=O)O. The zero-order chi connectivity index (χ0) is 14.0. The summed E-state index contributed by atoms with van der Waals surface area (Å²) in [5.74, 6) is -1.08. The van der Waals surface area contributed by atoms with Crippen LogP contribution in [0.25, 0.3) is 11.1 Å². The monoisotopic (exact) mass is 258 g/mol. The molecule has 0 fully saturated rings. The van der Waals surface area contributed by atoms with Crippen LogP contribution in [-0.2, 0) is 0 Å². The number of benzene rings is 2. The van der Waals surface area contributed by atoms with Crippen molar-refractivity contribution in [1.29, 1.82) is 0 Å². The van der Waals surface area contributed by atoms with Crippen LogP contribution in [-0.4, -0.2) is 16.0 Å². The Labute approximate surface area is 108 Å². The van der Waals surface area contributed by atoms with E-state index >= 15 is 0 Å². The Morgan fingerprint density at radius 1 is 1.16 bits per heavy atom. The second-order valence-corrected chi connectivity index (χ2v) is 3.88. The van der Waals surface area contributed by atoms with E-state index in [2.05, 4.69) is 0 Å². The lowest BCUT2D eigenvalue weighted by atomic mass is 9.98. The van der Waals surface area contributed by atoms with E-state index in [1.54, 1.807) is 18.2 Å². The third kappa shape index (κ3) is 2.37. The van der Waals surface area contributed by atoms with Gasteiger partial charge in [-0.2, -0.15) is 0 Å². The molecule has 19 heavy (non-hydrogen) atoms. The zero-order valence-corrected chi connectivity index (χ0v) is 9.74. The number of rotatable bonds is 3. The quantitative estimate of drug-likeness (QED) is 0.499. The molecule has 0 bridgehead atoms. The second kappa shape index (κ2) is 4.77. The summed E-state index contributed by atoms with van der Waals surface area (Å²) in [6.45, 7) is 0. The number of hydrogen-bond acceptors (Lipinski definition) is 4. The van der Waals surface area contributed by atoms with E-state index in [4.69, 9.17) is 10.8 Å². The lowest BCUT2D eigenvalue weighted by Crippen LogP contribution is -2.01. The highest BCUT2D eigenvalue weighted by atomic mass is 16.6. The minimum atomic E-state index is -1.08. The highest BCUT2D eigenvalue weighted by Gasteiger charge is 2.15. The molecule has 6 nitrogen and oxygen atoms in total. The Balaban J connectivity index is 2.60. The van der Waals surface area contributed by atoms with Gasteiger partial charge in [-0.25, -0.2) is 4.79 Å². The van der Waals surface area contributed by atoms with Crippen molar-refractivity contribution in [2.24, 2.45) is 0 Å². The van der Waals surface area contributed by atoms with Crippen LogP contribution >= 0.6 is 0 Å². The van der Waals surface area contributed by atoms with Crippen molar-refractivity contribution in [2.75, 3.05) is 5.73 Å². The number of non-ortho nitro benzene ring substituents is 1. The maximum absolute atomic E-state index is 11.1. The fourth-order valence-electron chi connectivity index (χ4n) is 1.81. The van der Waals surface area contributed by atoms with E-state index in [0.29, 0.717) is 11.1 Å². The van der Waals surface area contributed by atoms with Crippen LogP contribution in [0.15, 0.2) is 42.5 Å². The number of nitrogens with two attached hydrogens (primary N) is 1. The molecular weight excluding hydrogens is 248 g/mol. The van der Waals surface area contributed by atoms with Gasteiger partial charge in [-0.05, 0) is 17.7 Å². The predicted molar refractivity (Wildman–Crippen MR) is 69.9 cm³/mol. The van der Waals surface area contributed by atoms with Gasteiger partial charge in [0.25, 0.3) is 5.69 Å². The van der Waals surface area contributed by atoms with Gasteiger partial charge in [0.05, 0.1) is 10.5 Å². The number of carboxylic acids is 1. The van der Waals surface area contributed by atoms with Crippen molar-refractivity contribution >= 4 is 17.3 Å². The first-order chi connectivity index (χ1) is 9.00. The summed E-state index contributed by atoms with van der Waals surface area (Å²) >= 11 is 0. The van der Waals surface area contributed by atoms with Gasteiger partial charge < -0.3 is 10.8 Å². The fraction of sp³-hybridized carbons (Fsp3) is 0. The third-order valence-corrected chi connectivity index (χ3v) is 2.69. The van der Waals surface area contributed by atoms with E-state index in [0.717, 1.165) is 0 Å². The molecule has 0 saturated heterocycles. The molecule has 0 aliphatic rings. The van der Waals surface area contributed by atoms with Crippen LogP contribution in [0.2, 0.25) is 0 Å². The van der Waals surface area contributed by atoms with Crippen LogP contribution in [0.4, 0.5) is 11.4 Å². The third-order valence-electron chi connectivity index (χ3n) is 2.69. The number of aromatic carboxylic acids is 1. The van der Waals surface area contributed by atoms with Crippen molar-refractivity contribution in [1.82, 2.24) is 0 Å². The number of anilines is 1. The molecule has 0 atom stereocenters. The molecule has 0 saturated carbocycles. The average molecular weight is 258 g/mol. The van der Waals surface area contributed by atoms with Gasteiger partial charge >= 0.3 is 5.97 Å². The molecule has 6 heteroatoms. The molecule has 3 N–H and O–H groups in total. The topological polar surface area (TPSA) is 106 Å². The standard InChI is InChI=1S/C13H10N2O4/c14-12-7-8(15(18)19)5-6-10(12)9-3-1-2-4-11(9)13(16)17/h1-7H,14H2,(H,16,17). The van der Waals surface area contributed by atoms with Gasteiger partial charge in [-0.15, -0.1) is 0 Å². The van der Waals surface area contributed by atoms with Crippen LogP contribution in [0, 0.1) is 10.1 Å². The minimum Gasteiger partial charge on any atom is -0.478 e. The normalized spacial score (nSPS) is 10.1. The molecule has 0 amide bonds. The van der Waals surface area contributed by atoms with Crippen molar-refractivity contribution in [3.8, 4) is 11.1 Å². The Hall–Kier alpha value is -2.89. The van der Waals surface area contributed by atoms with E-state index in [-0.39, 0.29) is 16.9 Å². The maximum atomic E-state index is 11.1. The van der Waals surface area contributed by atoms with Gasteiger partial charge in [-0.3, -0.25) is 10.1 Å². The lowest BCUT2D eigenvalue weighted by Gasteiger charge is -2.08. The second-order valence-electron chi connectivity index (χ2n) is 3.88. The van der Waals surface area contributed by atoms with Crippen molar-refractivity contribution < 1.29 is 14.8 Å². The molecular formula is C13H10N2O4. The number of nitro benzene ring substituents is 1. The van der Waals surface area contributed by atoms with E-state index in [1.165, 1.54) is 24.3 Å². The predicted octanol–water partition coefficient (Wildman–Crippen LogP) is 2.54. The molecule has 2 aromatic rings. The highest BCUT2D eigenvalue weighted by molar-refractivity contribution is 5.98. The minimum absolute atomic E-state index is 0.100. The van der Waals surface area contributed by atoms with Crippen LogP contribution in [0.3, 0.4) is 0 Å². The number of hydrogen-bond donors (Lipinski definition) is 2. The number of nitro groups is 1. The molecule has 0 aliphatic heterocycles. The van der Waals surface area contributed by atoms with E-state index in [9.17, 15) is 14.9 Å². The number of nitrogens with zero attached hydrogens (tertiary/aromatic N) is 1. The summed E-state index contributed by atoms with van der Waals surface area (Å²) in [5.41, 5.74) is 6.80. The molecule has 0 aromatic heterocycles. The molecule has 0 radical (unpaired) electrons. The average Bonchev–Trinajstić information content (AvgIpc) is 2.38. The van der Waals surface area contributed by atoms with Crippen molar-refractivity contribution in [2.45, 2.75) is 0 Å². The van der Waals surface area contributed by atoms with Gasteiger partial charge in [0, 0.05) is 23.4 Å². The van der Waals surface area contributed by atoms with Crippen molar-refractivity contribution in [3.63, 3.8) is 0 Å². The van der Waals surface area contributed by atoms with E-state index < -0.39 is 10.9 Å². The van der Waals surface area contributed by atoms with Crippen LogP contribution in [0.1, 0.15) is 10.4 Å². The first kappa shape index (κ1) is 12.6. The number of carbonyl (C=O) groups is 1. The summed E-state index contributed by atoms with van der Waals surface area (Å²) in [7, 11) is 0. The van der Waals surface area contributed by atoms with Gasteiger partial charge in [-0.1, -0.05) is 18.2 Å². The van der Waals surface area contributed by atoms with E-state index in [1.807, 2.05) is 0 Å². The maximum Gasteiger partial charge on any atom is 0.336 e. The Morgan fingerprint density at radius 2 is 1.84 bits per heavy atom. The Morgan fingerprint density at radius 3 is 2.42 bits per heavy atom. The van der Waals surface area contributed by atoms with Crippen LogP contribution < -0.4 is 5.73 Å². The molecule has 96 valence electrons. The van der Waals surface area contributed by atoms with Crippen molar-refractivity contribution in [3.05, 3.63) is 58.1 Å². The molecule has 2 aromatic carbocycles. The molecule has 0 unspecified atom stereocenters. The summed E-state index contributed by atoms with van der Waals surface area (Å²) < 4.78 is 0. The first-order valence-electron chi connectivity index (χ1n) is 5.37. The largest absolute Gasteiger partial charge is 0.478 e. The zero-order valence-electron chi connectivity index (χ0n) is 9.74. The molecule has 0 heterocycles. The van der Waals surface area contributed by atoms with Gasteiger partial charge in [0.15, 0.2) is 0 Å². The van der Waals surface area contributed by atoms with Crippen LogP contribution in [0.5, 0.6) is 0 Å². The molecule has 0 aliphatic carbocycles. The van der Waals surface area contributed by atoms with Gasteiger partial charge in [0.2, 0.25) is 0 Å². The highest BCUT2D eigenvalue weighted by Crippen LogP contribution is 2.31. The summed E-state index contributed by atoms with van der Waals surface area (Å²) in [6.07, 6.45) is 0. The van der Waals surface area contributed by atoms with Gasteiger partial charge in [0.1, 0.15) is 0 Å². The Kier molecular flexibility index (Phi) is 3.15. The summed E-state index contributed by atoms with van der Waals surface area (Å²) in [6, 6.07) is 10.3. The first-order valence-corrected chi connectivity index (χ1v) is 5.37. The molecule has 2 rings (SSSR count). The molecule has 0 spiro atoms.